The largest absolute Gasteiger partial charge is 0.488 e. The lowest BCUT2D eigenvalue weighted by Crippen LogP contribution is -2.51. The number of alkyl carbamates (subject to hydrolysis) is 1. The quantitative estimate of drug-likeness (QED) is 0.148. The predicted octanol–water partition coefficient (Wildman–Crippen LogP) is 5.04. The molecule has 3 saturated carbocycles. The van der Waals surface area contributed by atoms with Gasteiger partial charge < -0.3 is 29.5 Å². The maximum atomic E-state index is 13.2. The number of nitrogens with zero attached hydrogens (tertiary/aromatic N) is 1. The fourth-order valence-electron chi connectivity index (χ4n) is 5.68. The molecule has 0 heterocycles. The molecule has 3 aliphatic carbocycles. The van der Waals surface area contributed by atoms with Gasteiger partial charge in [-0.1, -0.05) is 12.1 Å². The van der Waals surface area contributed by atoms with Crippen LogP contribution in [-0.2, 0) is 14.3 Å². The van der Waals surface area contributed by atoms with Gasteiger partial charge in [-0.2, -0.15) is 0 Å². The Hall–Kier alpha value is -3.54. The molecule has 0 aromatic heterocycles. The summed E-state index contributed by atoms with van der Waals surface area (Å²) in [5.41, 5.74) is 1.05. The molecule has 0 spiro atoms. The fraction of sp³-hybridized carbons (Fsp3) is 0.677. The Balaban J connectivity index is 1.44. The summed E-state index contributed by atoms with van der Waals surface area (Å²) < 4.78 is 17.3. The molecule has 0 aliphatic heterocycles. The molecule has 2 amide bonds. The zero-order valence-corrected chi connectivity index (χ0v) is 25.9. The summed E-state index contributed by atoms with van der Waals surface area (Å²) in [6, 6.07) is 7.01. The number of carbonyl (C=O) groups is 3. The van der Waals surface area contributed by atoms with Crippen LogP contribution in [0.3, 0.4) is 0 Å². The van der Waals surface area contributed by atoms with Gasteiger partial charge in [-0.25, -0.2) is 9.59 Å². The molecule has 4 rings (SSSR count). The van der Waals surface area contributed by atoms with Gasteiger partial charge in [0.25, 0.3) is 0 Å². The molecule has 0 saturated heterocycles. The molecular formula is C31H46N4O8. The second-order valence-corrected chi connectivity index (χ2v) is 14.1. The number of amidine groups is 1. The monoisotopic (exact) mass is 602 g/mol. The van der Waals surface area contributed by atoms with E-state index >= 15 is 0 Å². The van der Waals surface area contributed by atoms with E-state index in [0.717, 1.165) is 12.0 Å². The first kappa shape index (κ1) is 32.4. The van der Waals surface area contributed by atoms with Crippen LogP contribution in [0.15, 0.2) is 24.3 Å². The molecule has 43 heavy (non-hydrogen) atoms. The lowest BCUT2D eigenvalue weighted by atomic mass is 9.84. The number of benzene rings is 1. The number of hydrogen-bond acceptors (Lipinski definition) is 8. The third-order valence-electron chi connectivity index (χ3n) is 8.19. The first-order valence-electron chi connectivity index (χ1n) is 15.0. The van der Waals surface area contributed by atoms with Crippen LogP contribution in [0.2, 0.25) is 0 Å². The Bertz CT molecular complexity index is 1200. The Morgan fingerprint density at radius 2 is 1.63 bits per heavy atom. The maximum absolute atomic E-state index is 13.2. The molecule has 5 atom stereocenters. The van der Waals surface area contributed by atoms with Crippen LogP contribution < -0.4 is 15.5 Å². The molecule has 12 heteroatoms. The van der Waals surface area contributed by atoms with E-state index in [9.17, 15) is 24.7 Å². The number of ether oxygens (including phenoxy) is 3. The average molecular weight is 603 g/mol. The van der Waals surface area contributed by atoms with Crippen molar-refractivity contribution < 1.29 is 38.9 Å². The number of carbonyl (C=O) groups excluding carboxylic acids is 2. The van der Waals surface area contributed by atoms with E-state index in [4.69, 9.17) is 19.6 Å². The van der Waals surface area contributed by atoms with E-state index in [-0.39, 0.29) is 30.8 Å². The van der Waals surface area contributed by atoms with Gasteiger partial charge in [0, 0.05) is 23.9 Å². The molecule has 3 fully saturated rings. The normalized spacial score (nSPS) is 26.0. The minimum atomic E-state index is -0.883. The highest BCUT2D eigenvalue weighted by molar-refractivity contribution is 5.87. The van der Waals surface area contributed by atoms with Crippen molar-refractivity contribution in [3.05, 3.63) is 29.8 Å². The van der Waals surface area contributed by atoms with Gasteiger partial charge in [0.1, 0.15) is 28.9 Å². The predicted molar refractivity (Wildman–Crippen MR) is 157 cm³/mol. The number of amides is 2. The van der Waals surface area contributed by atoms with Gasteiger partial charge in [-0.15, -0.1) is 0 Å². The van der Waals surface area contributed by atoms with E-state index in [1.165, 1.54) is 0 Å². The van der Waals surface area contributed by atoms with Gasteiger partial charge >= 0.3 is 18.2 Å². The summed E-state index contributed by atoms with van der Waals surface area (Å²) in [5.74, 6) is -0.819. The summed E-state index contributed by atoms with van der Waals surface area (Å²) in [6.07, 6.45) is 1.73. The number of hydroxylamine groups is 1. The first-order valence-corrected chi connectivity index (χ1v) is 15.0. The summed E-state index contributed by atoms with van der Waals surface area (Å²) in [6.45, 7) is 11.1. The van der Waals surface area contributed by atoms with Crippen LogP contribution in [0, 0.1) is 16.7 Å². The Labute approximate surface area is 252 Å². The average Bonchev–Trinajstić information content (AvgIpc) is 3.82. The molecule has 1 aromatic carbocycles. The summed E-state index contributed by atoms with van der Waals surface area (Å²) in [7, 11) is 0. The second-order valence-electron chi connectivity index (χ2n) is 14.1. The smallest absolute Gasteiger partial charge is 0.410 e. The molecule has 3 unspecified atom stereocenters. The van der Waals surface area contributed by atoms with Crippen LogP contribution in [0.1, 0.15) is 91.5 Å². The summed E-state index contributed by atoms with van der Waals surface area (Å²) in [5, 5.41) is 29.9. The van der Waals surface area contributed by atoms with Gasteiger partial charge in [-0.3, -0.25) is 20.9 Å². The topological polar surface area (TPSA) is 171 Å². The van der Waals surface area contributed by atoms with Crippen molar-refractivity contribution in [2.24, 2.45) is 11.3 Å². The van der Waals surface area contributed by atoms with Crippen molar-refractivity contribution in [1.29, 1.82) is 5.41 Å². The van der Waals surface area contributed by atoms with Crippen LogP contribution >= 0.6 is 0 Å². The van der Waals surface area contributed by atoms with Crippen molar-refractivity contribution in [2.45, 2.75) is 115 Å². The van der Waals surface area contributed by atoms with Gasteiger partial charge in [0.2, 0.25) is 0 Å². The summed E-state index contributed by atoms with van der Waals surface area (Å²) in [4.78, 5) is 39.1. The number of carboxylic acids is 1. The number of hydrogen-bond donors (Lipinski definition) is 5. The zero-order valence-electron chi connectivity index (χ0n) is 25.9. The molecule has 12 nitrogen and oxygen atoms in total. The highest BCUT2D eigenvalue weighted by Gasteiger charge is 2.54. The maximum Gasteiger partial charge on any atom is 0.410 e. The van der Waals surface area contributed by atoms with Crippen LogP contribution in [0.4, 0.5) is 9.59 Å². The summed E-state index contributed by atoms with van der Waals surface area (Å²) >= 11 is 0. The molecule has 1 aromatic rings. The first-order chi connectivity index (χ1) is 20.0. The van der Waals surface area contributed by atoms with E-state index < -0.39 is 52.8 Å². The van der Waals surface area contributed by atoms with Crippen molar-refractivity contribution in [3.63, 3.8) is 0 Å². The third-order valence-corrected chi connectivity index (χ3v) is 8.19. The standard InChI is InChI=1S/C31H46N4O8/c1-29(2,3)42-27(38)33-22-12-9-19(25(36)37)15-24(22)41-20-10-7-18(8-11-20)21-16-23(21)35(28(39)43-30(4,5)6)17-31(13-14-31)26(32)34-40/h7-8,10-11,19,21-24,40H,9,12-17H2,1-6H3,(H2,32,34)(H,33,38)(H,36,37)/t19?,21-,22?,23+,24?/m0/s1. The number of aliphatic carboxylic acids is 1. The lowest BCUT2D eigenvalue weighted by Gasteiger charge is -2.35. The Morgan fingerprint density at radius 1 is 1.00 bits per heavy atom. The Morgan fingerprint density at radius 3 is 2.16 bits per heavy atom. The highest BCUT2D eigenvalue weighted by Crippen LogP contribution is 2.51. The van der Waals surface area contributed by atoms with Crippen LogP contribution in [0.5, 0.6) is 5.75 Å². The van der Waals surface area contributed by atoms with E-state index in [1.807, 2.05) is 50.5 Å². The van der Waals surface area contributed by atoms with E-state index in [2.05, 4.69) is 5.32 Å². The molecule has 5 N–H and O–H groups in total. The second kappa shape index (κ2) is 12.2. The molecule has 0 radical (unpaired) electrons. The molecule has 3 aliphatic rings. The fourth-order valence-corrected chi connectivity index (χ4v) is 5.68. The highest BCUT2D eigenvalue weighted by atomic mass is 16.6. The minimum Gasteiger partial charge on any atom is -0.488 e. The van der Waals surface area contributed by atoms with Gasteiger partial charge in [-0.05, 0) is 97.8 Å². The van der Waals surface area contributed by atoms with Crippen molar-refractivity contribution in [3.8, 4) is 5.75 Å². The molecule has 238 valence electrons. The van der Waals surface area contributed by atoms with E-state index in [1.54, 1.807) is 25.7 Å². The van der Waals surface area contributed by atoms with Gasteiger partial charge in [0.05, 0.1) is 12.0 Å². The number of rotatable bonds is 9. The SMILES string of the molecule is CC(C)(C)OC(=O)NC1CCC(C(=O)O)CC1Oc1ccc([C@@H]2C[C@H]2N(CC2(C(=N)NO)CC2)C(=O)OC(C)(C)C)cc1. The van der Waals surface area contributed by atoms with Crippen molar-refractivity contribution >= 4 is 24.0 Å². The van der Waals surface area contributed by atoms with Crippen molar-refractivity contribution in [2.75, 3.05) is 6.54 Å². The molecular weight excluding hydrogens is 556 g/mol. The van der Waals surface area contributed by atoms with Crippen molar-refractivity contribution in [1.82, 2.24) is 15.7 Å². The number of carboxylic acid groups (broad SMARTS) is 1. The lowest BCUT2D eigenvalue weighted by molar-refractivity contribution is -0.144. The minimum absolute atomic E-state index is 0.00655. The Kier molecular flexibility index (Phi) is 9.20. The van der Waals surface area contributed by atoms with Gasteiger partial charge in [0.15, 0.2) is 0 Å². The third kappa shape index (κ3) is 8.52. The molecule has 0 bridgehead atoms. The number of nitrogens with one attached hydrogen (secondary N) is 3. The van der Waals surface area contributed by atoms with Crippen LogP contribution in [-0.4, -0.2) is 75.1 Å². The van der Waals surface area contributed by atoms with E-state index in [0.29, 0.717) is 31.4 Å². The van der Waals surface area contributed by atoms with Crippen LogP contribution in [0.25, 0.3) is 0 Å². The zero-order chi connectivity index (χ0) is 31.7.